The molecule has 1 amide bonds. The van der Waals surface area contributed by atoms with Crippen molar-refractivity contribution in [2.75, 3.05) is 6.61 Å². The maximum atomic E-state index is 13.2. The first-order chi connectivity index (χ1) is 12.2. The molecule has 0 heterocycles. The Hall–Kier alpha value is -2.40. The Morgan fingerprint density at radius 3 is 2.76 bits per heavy atom. The highest BCUT2D eigenvalue weighted by molar-refractivity contribution is 5.94. The number of aliphatic hydroxyl groups excluding tert-OH is 1. The zero-order valence-corrected chi connectivity index (χ0v) is 14.0. The van der Waals surface area contributed by atoms with E-state index in [0.29, 0.717) is 23.7 Å². The summed E-state index contributed by atoms with van der Waals surface area (Å²) in [7, 11) is 0. The predicted molar refractivity (Wildman–Crippen MR) is 92.9 cm³/mol. The molecule has 0 radical (unpaired) electrons. The topological polar surface area (TPSA) is 58.6 Å². The van der Waals surface area contributed by atoms with Crippen molar-refractivity contribution in [1.82, 2.24) is 5.32 Å². The van der Waals surface area contributed by atoms with Crippen molar-refractivity contribution in [1.29, 1.82) is 0 Å². The number of hydrogen-bond acceptors (Lipinski definition) is 3. The number of rotatable bonds is 8. The maximum Gasteiger partial charge on any atom is 0.251 e. The van der Waals surface area contributed by atoms with Gasteiger partial charge in [0.15, 0.2) is 0 Å². The lowest BCUT2D eigenvalue weighted by molar-refractivity contribution is 0.0924. The first-order valence-corrected chi connectivity index (χ1v) is 8.55. The molecule has 5 heteroatoms. The predicted octanol–water partition coefficient (Wildman–Crippen LogP) is 3.30. The fourth-order valence-electron chi connectivity index (χ4n) is 2.84. The van der Waals surface area contributed by atoms with Gasteiger partial charge in [-0.2, -0.15) is 0 Å². The number of benzene rings is 2. The van der Waals surface area contributed by atoms with Gasteiger partial charge in [0.2, 0.25) is 0 Å². The van der Waals surface area contributed by atoms with Gasteiger partial charge in [0.05, 0.1) is 0 Å². The van der Waals surface area contributed by atoms with Crippen LogP contribution in [0, 0.1) is 11.7 Å². The second-order valence-electron chi connectivity index (χ2n) is 6.38. The summed E-state index contributed by atoms with van der Waals surface area (Å²) in [6.45, 7) is 0.330. The van der Waals surface area contributed by atoms with Gasteiger partial charge >= 0.3 is 0 Å². The molecule has 2 aromatic rings. The molecule has 1 saturated carbocycles. The average Bonchev–Trinajstić information content (AvgIpc) is 3.45. The molecule has 0 spiro atoms. The van der Waals surface area contributed by atoms with E-state index in [1.54, 1.807) is 30.3 Å². The van der Waals surface area contributed by atoms with Gasteiger partial charge < -0.3 is 15.2 Å². The SMILES string of the molecule is O=C(N[C@@H](CCO)C1CC1)c1cccc(COc2cccc(F)c2)c1. The number of aliphatic hydroxyl groups is 1. The number of halogens is 1. The van der Waals surface area contributed by atoms with E-state index in [9.17, 15) is 9.18 Å². The van der Waals surface area contributed by atoms with E-state index in [0.717, 1.165) is 18.4 Å². The largest absolute Gasteiger partial charge is 0.489 e. The summed E-state index contributed by atoms with van der Waals surface area (Å²) in [4.78, 5) is 12.5. The molecular weight excluding hydrogens is 321 g/mol. The zero-order chi connectivity index (χ0) is 17.6. The first kappa shape index (κ1) is 17.4. The highest BCUT2D eigenvalue weighted by atomic mass is 19.1. The van der Waals surface area contributed by atoms with Gasteiger partial charge in [-0.3, -0.25) is 4.79 Å². The molecule has 0 aromatic heterocycles. The van der Waals surface area contributed by atoms with Gasteiger partial charge in [0.1, 0.15) is 18.2 Å². The number of hydrogen-bond donors (Lipinski definition) is 2. The summed E-state index contributed by atoms with van der Waals surface area (Å²) in [5.41, 5.74) is 1.39. The Kier molecular flexibility index (Phi) is 5.66. The molecule has 25 heavy (non-hydrogen) atoms. The van der Waals surface area contributed by atoms with Gasteiger partial charge in [-0.05, 0) is 55.0 Å². The van der Waals surface area contributed by atoms with Crippen LogP contribution < -0.4 is 10.1 Å². The van der Waals surface area contributed by atoms with Gasteiger partial charge in [-0.1, -0.05) is 18.2 Å². The van der Waals surface area contributed by atoms with Crippen LogP contribution in [0.5, 0.6) is 5.75 Å². The molecule has 4 nitrogen and oxygen atoms in total. The third-order valence-electron chi connectivity index (χ3n) is 4.34. The molecule has 0 bridgehead atoms. The van der Waals surface area contributed by atoms with Crippen molar-refractivity contribution in [2.24, 2.45) is 5.92 Å². The van der Waals surface area contributed by atoms with Crippen LogP contribution in [0.3, 0.4) is 0 Å². The third-order valence-corrected chi connectivity index (χ3v) is 4.34. The first-order valence-electron chi connectivity index (χ1n) is 8.55. The maximum absolute atomic E-state index is 13.2. The van der Waals surface area contributed by atoms with Crippen molar-refractivity contribution in [3.8, 4) is 5.75 Å². The van der Waals surface area contributed by atoms with E-state index in [1.165, 1.54) is 12.1 Å². The number of carbonyl (C=O) groups excluding carboxylic acids is 1. The smallest absolute Gasteiger partial charge is 0.251 e. The lowest BCUT2D eigenvalue weighted by Crippen LogP contribution is -2.37. The van der Waals surface area contributed by atoms with Crippen LogP contribution in [0.15, 0.2) is 48.5 Å². The van der Waals surface area contributed by atoms with Gasteiger partial charge in [-0.15, -0.1) is 0 Å². The molecule has 132 valence electrons. The summed E-state index contributed by atoms with van der Waals surface area (Å²) in [5, 5.41) is 12.2. The van der Waals surface area contributed by atoms with Crippen molar-refractivity contribution in [3.63, 3.8) is 0 Å². The lowest BCUT2D eigenvalue weighted by Gasteiger charge is -2.17. The minimum absolute atomic E-state index is 0.0321. The Morgan fingerprint density at radius 2 is 2.04 bits per heavy atom. The highest BCUT2D eigenvalue weighted by Crippen LogP contribution is 2.34. The standard InChI is InChI=1S/C20H22FNO3/c21-17-5-2-6-18(12-17)25-13-14-3-1-4-16(11-14)20(24)22-19(9-10-23)15-7-8-15/h1-6,11-12,15,19,23H,7-10,13H2,(H,22,24)/t19-/m0/s1. The van der Waals surface area contributed by atoms with Crippen molar-refractivity contribution in [3.05, 3.63) is 65.5 Å². The second-order valence-corrected chi connectivity index (χ2v) is 6.38. The fourth-order valence-corrected chi connectivity index (χ4v) is 2.84. The molecule has 1 aliphatic carbocycles. The van der Waals surface area contributed by atoms with Gasteiger partial charge in [0.25, 0.3) is 5.91 Å². The zero-order valence-electron chi connectivity index (χ0n) is 14.0. The van der Waals surface area contributed by atoms with Gasteiger partial charge in [-0.25, -0.2) is 4.39 Å². The number of amides is 1. The van der Waals surface area contributed by atoms with Crippen LogP contribution in [0.1, 0.15) is 35.2 Å². The summed E-state index contributed by atoms with van der Waals surface area (Å²) in [6.07, 6.45) is 2.79. The molecule has 2 N–H and O–H groups in total. The molecule has 0 saturated heterocycles. The van der Waals surface area contributed by atoms with Crippen molar-refractivity contribution in [2.45, 2.75) is 31.9 Å². The minimum Gasteiger partial charge on any atom is -0.489 e. The Labute approximate surface area is 146 Å². The van der Waals surface area contributed by atoms with E-state index in [2.05, 4.69) is 5.32 Å². The summed E-state index contributed by atoms with van der Waals surface area (Å²) in [6, 6.07) is 13.2. The Bertz CT molecular complexity index is 730. The average molecular weight is 343 g/mol. The molecule has 1 aliphatic rings. The Morgan fingerprint density at radius 1 is 1.24 bits per heavy atom. The number of ether oxygens (including phenoxy) is 1. The lowest BCUT2D eigenvalue weighted by atomic mass is 10.1. The summed E-state index contributed by atoms with van der Waals surface area (Å²) in [5.74, 6) is 0.445. The van der Waals surface area contributed by atoms with Crippen LogP contribution in [-0.2, 0) is 6.61 Å². The molecule has 2 aromatic carbocycles. The quantitative estimate of drug-likeness (QED) is 0.773. The van der Waals surface area contributed by atoms with Gasteiger partial charge in [0, 0.05) is 24.3 Å². The molecule has 1 fully saturated rings. The second kappa shape index (κ2) is 8.12. The van der Waals surface area contributed by atoms with Crippen LogP contribution in [0.25, 0.3) is 0 Å². The van der Waals surface area contributed by atoms with Crippen LogP contribution in [0.2, 0.25) is 0 Å². The number of nitrogens with one attached hydrogen (secondary N) is 1. The monoisotopic (exact) mass is 343 g/mol. The van der Waals surface area contributed by atoms with Crippen LogP contribution in [-0.4, -0.2) is 23.7 Å². The van der Waals surface area contributed by atoms with Crippen molar-refractivity contribution < 1.29 is 19.0 Å². The molecule has 3 rings (SSSR count). The third kappa shape index (κ3) is 5.03. The fraction of sp³-hybridized carbons (Fsp3) is 0.350. The van der Waals surface area contributed by atoms with Crippen molar-refractivity contribution >= 4 is 5.91 Å². The van der Waals surface area contributed by atoms with E-state index in [4.69, 9.17) is 9.84 Å². The molecule has 0 aliphatic heterocycles. The summed E-state index contributed by atoms with van der Waals surface area (Å²) >= 11 is 0. The Balaban J connectivity index is 1.61. The molecular formula is C20H22FNO3. The van der Waals surface area contributed by atoms with E-state index in [-0.39, 0.29) is 31.0 Å². The minimum atomic E-state index is -0.347. The highest BCUT2D eigenvalue weighted by Gasteiger charge is 2.31. The van der Waals surface area contributed by atoms with E-state index in [1.807, 2.05) is 6.07 Å². The molecule has 1 atom stereocenters. The normalized spacial score (nSPS) is 14.8. The number of carbonyl (C=O) groups is 1. The van der Waals surface area contributed by atoms with Crippen LogP contribution in [0.4, 0.5) is 4.39 Å². The molecule has 0 unspecified atom stereocenters. The van der Waals surface area contributed by atoms with E-state index >= 15 is 0 Å². The summed E-state index contributed by atoms with van der Waals surface area (Å²) < 4.78 is 18.7. The van der Waals surface area contributed by atoms with Crippen LogP contribution >= 0.6 is 0 Å². The van der Waals surface area contributed by atoms with E-state index < -0.39 is 0 Å².